The lowest BCUT2D eigenvalue weighted by molar-refractivity contribution is -0.117. The molecule has 0 aliphatic carbocycles. The number of methoxy groups -OCH3 is 2. The van der Waals surface area contributed by atoms with E-state index in [1.165, 1.54) is 5.56 Å². The topological polar surface area (TPSA) is 53.7 Å². The van der Waals surface area contributed by atoms with Crippen molar-refractivity contribution in [1.29, 1.82) is 0 Å². The van der Waals surface area contributed by atoms with Crippen LogP contribution in [-0.2, 0) is 15.9 Å². The number of hydrogen-bond donors (Lipinski definition) is 1. The number of ether oxygens (including phenoxy) is 3. The van der Waals surface area contributed by atoms with Crippen LogP contribution in [0, 0.1) is 0 Å². The van der Waals surface area contributed by atoms with Crippen LogP contribution in [0.15, 0.2) is 18.2 Å². The number of nitrogens with two attached hydrogens (primary N) is 1. The van der Waals surface area contributed by atoms with Crippen molar-refractivity contribution in [2.24, 2.45) is 5.73 Å². The van der Waals surface area contributed by atoms with Gasteiger partial charge < -0.3 is 19.9 Å². The molecule has 0 saturated heterocycles. The first-order valence-corrected chi connectivity index (χ1v) is 5.33. The van der Waals surface area contributed by atoms with Gasteiger partial charge in [0.25, 0.3) is 0 Å². The molecule has 1 aliphatic heterocycles. The zero-order valence-electron chi connectivity index (χ0n) is 9.60. The Balaban J connectivity index is 2.20. The van der Waals surface area contributed by atoms with Gasteiger partial charge in [-0.05, 0) is 17.2 Å². The molecule has 2 rings (SSSR count). The maximum atomic E-state index is 6.06. The van der Waals surface area contributed by atoms with Gasteiger partial charge in [-0.1, -0.05) is 12.1 Å². The second-order valence-electron chi connectivity index (χ2n) is 3.83. The molecule has 2 N–H and O–H groups in total. The minimum absolute atomic E-state index is 0.277. The Morgan fingerprint density at radius 2 is 2.06 bits per heavy atom. The molecular formula is C12H17NO3. The fourth-order valence-corrected chi connectivity index (χ4v) is 1.96. The van der Waals surface area contributed by atoms with Crippen molar-refractivity contribution < 1.29 is 14.2 Å². The molecule has 0 amide bonds. The molecule has 4 nitrogen and oxygen atoms in total. The summed E-state index contributed by atoms with van der Waals surface area (Å²) in [5.74, 6) is 0.960. The van der Waals surface area contributed by atoms with Crippen LogP contribution >= 0.6 is 0 Å². The molecule has 0 aromatic heterocycles. The Morgan fingerprint density at radius 3 is 2.75 bits per heavy atom. The molecule has 1 aromatic rings. The largest absolute Gasteiger partial charge is 0.493 e. The Bertz CT molecular complexity index is 363. The molecule has 1 aliphatic rings. The van der Waals surface area contributed by atoms with Crippen LogP contribution in [0.4, 0.5) is 0 Å². The maximum absolute atomic E-state index is 6.06. The van der Waals surface area contributed by atoms with Crippen LogP contribution in [0.5, 0.6) is 5.75 Å². The van der Waals surface area contributed by atoms with Gasteiger partial charge in [0.05, 0.1) is 12.6 Å². The first-order valence-electron chi connectivity index (χ1n) is 5.33. The lowest BCUT2D eigenvalue weighted by atomic mass is 10.0. The highest BCUT2D eigenvalue weighted by Crippen LogP contribution is 2.28. The molecule has 0 saturated carbocycles. The zero-order chi connectivity index (χ0) is 11.5. The summed E-state index contributed by atoms with van der Waals surface area (Å²) in [7, 11) is 3.18. The van der Waals surface area contributed by atoms with Crippen LogP contribution in [0.1, 0.15) is 17.2 Å². The van der Waals surface area contributed by atoms with Gasteiger partial charge in [-0.25, -0.2) is 0 Å². The van der Waals surface area contributed by atoms with Crippen molar-refractivity contribution in [3.63, 3.8) is 0 Å². The van der Waals surface area contributed by atoms with Gasteiger partial charge in [0, 0.05) is 20.6 Å². The predicted octanol–water partition coefficient (Wildman–Crippen LogP) is 1.24. The van der Waals surface area contributed by atoms with Crippen molar-refractivity contribution in [2.75, 3.05) is 20.8 Å². The van der Waals surface area contributed by atoms with E-state index in [2.05, 4.69) is 6.07 Å². The normalized spacial score (nSPS) is 16.0. The van der Waals surface area contributed by atoms with E-state index in [4.69, 9.17) is 19.9 Å². The van der Waals surface area contributed by atoms with Gasteiger partial charge in [-0.2, -0.15) is 0 Å². The minimum atomic E-state index is -0.416. The molecular weight excluding hydrogens is 206 g/mol. The van der Waals surface area contributed by atoms with Crippen molar-refractivity contribution in [3.05, 3.63) is 29.3 Å². The summed E-state index contributed by atoms with van der Waals surface area (Å²) in [6.07, 6.45) is 0.529. The molecule has 0 radical (unpaired) electrons. The number of fused-ring (bicyclic) bond motifs is 1. The van der Waals surface area contributed by atoms with Gasteiger partial charge in [-0.15, -0.1) is 0 Å². The molecule has 16 heavy (non-hydrogen) atoms. The summed E-state index contributed by atoms with van der Waals surface area (Å²) < 4.78 is 15.8. The first kappa shape index (κ1) is 11.4. The van der Waals surface area contributed by atoms with E-state index in [0.29, 0.717) is 0 Å². The van der Waals surface area contributed by atoms with Crippen molar-refractivity contribution in [3.8, 4) is 5.75 Å². The van der Waals surface area contributed by atoms with E-state index in [0.717, 1.165) is 24.3 Å². The third-order valence-electron chi connectivity index (χ3n) is 2.86. The monoisotopic (exact) mass is 223 g/mol. The summed E-state index contributed by atoms with van der Waals surface area (Å²) >= 11 is 0. The number of rotatable bonds is 4. The lowest BCUT2D eigenvalue weighted by Gasteiger charge is -2.21. The first-order chi connectivity index (χ1) is 7.76. The van der Waals surface area contributed by atoms with Crippen LogP contribution < -0.4 is 10.5 Å². The van der Waals surface area contributed by atoms with Gasteiger partial charge >= 0.3 is 0 Å². The predicted molar refractivity (Wildman–Crippen MR) is 60.4 cm³/mol. The van der Waals surface area contributed by atoms with Crippen molar-refractivity contribution >= 4 is 0 Å². The third kappa shape index (κ3) is 2.04. The second-order valence-corrected chi connectivity index (χ2v) is 3.83. The zero-order valence-corrected chi connectivity index (χ0v) is 9.60. The highest BCUT2D eigenvalue weighted by Gasteiger charge is 2.21. The SMILES string of the molecule is COC(OC)C(N)c1ccc2c(c1)CCO2. The Labute approximate surface area is 95.3 Å². The third-order valence-corrected chi connectivity index (χ3v) is 2.86. The Kier molecular flexibility index (Phi) is 3.43. The molecule has 0 fully saturated rings. The highest BCUT2D eigenvalue weighted by atomic mass is 16.7. The molecule has 4 heteroatoms. The van der Waals surface area contributed by atoms with Crippen LogP contribution in [0.2, 0.25) is 0 Å². The van der Waals surface area contributed by atoms with Crippen molar-refractivity contribution in [2.45, 2.75) is 18.8 Å². The van der Waals surface area contributed by atoms with E-state index in [9.17, 15) is 0 Å². The fraction of sp³-hybridized carbons (Fsp3) is 0.500. The number of hydrogen-bond acceptors (Lipinski definition) is 4. The van der Waals surface area contributed by atoms with Crippen LogP contribution in [0.3, 0.4) is 0 Å². The molecule has 1 atom stereocenters. The average Bonchev–Trinajstić information content (AvgIpc) is 2.77. The quantitative estimate of drug-likeness (QED) is 0.780. The van der Waals surface area contributed by atoms with Crippen LogP contribution in [0.25, 0.3) is 0 Å². The van der Waals surface area contributed by atoms with E-state index in [-0.39, 0.29) is 6.04 Å². The van der Waals surface area contributed by atoms with E-state index < -0.39 is 6.29 Å². The summed E-state index contributed by atoms with van der Waals surface area (Å²) in [5.41, 5.74) is 8.28. The fourth-order valence-electron chi connectivity index (χ4n) is 1.96. The molecule has 1 heterocycles. The van der Waals surface area contributed by atoms with E-state index in [1.54, 1.807) is 14.2 Å². The highest BCUT2D eigenvalue weighted by molar-refractivity contribution is 5.40. The standard InChI is InChI=1S/C12H17NO3/c1-14-12(15-2)11(13)9-3-4-10-8(7-9)5-6-16-10/h3-4,7,11-12H,5-6,13H2,1-2H3. The minimum Gasteiger partial charge on any atom is -0.493 e. The maximum Gasteiger partial charge on any atom is 0.175 e. The lowest BCUT2D eigenvalue weighted by Crippen LogP contribution is -2.29. The summed E-state index contributed by atoms with van der Waals surface area (Å²) in [6.45, 7) is 0.756. The number of benzene rings is 1. The van der Waals surface area contributed by atoms with E-state index >= 15 is 0 Å². The van der Waals surface area contributed by atoms with Crippen LogP contribution in [-0.4, -0.2) is 27.1 Å². The van der Waals surface area contributed by atoms with Gasteiger partial charge in [0.1, 0.15) is 5.75 Å². The van der Waals surface area contributed by atoms with Crippen molar-refractivity contribution in [1.82, 2.24) is 0 Å². The van der Waals surface area contributed by atoms with Gasteiger partial charge in [-0.3, -0.25) is 0 Å². The van der Waals surface area contributed by atoms with E-state index in [1.807, 2.05) is 12.1 Å². The molecule has 88 valence electrons. The van der Waals surface area contributed by atoms with Gasteiger partial charge in [0.2, 0.25) is 0 Å². The average molecular weight is 223 g/mol. The summed E-state index contributed by atoms with van der Waals surface area (Å²) in [4.78, 5) is 0. The second kappa shape index (κ2) is 4.82. The Morgan fingerprint density at radius 1 is 1.31 bits per heavy atom. The molecule has 0 spiro atoms. The smallest absolute Gasteiger partial charge is 0.175 e. The summed E-state index contributed by atoms with van der Waals surface area (Å²) in [6, 6.07) is 5.71. The molecule has 0 bridgehead atoms. The molecule has 1 aromatic carbocycles. The molecule has 1 unspecified atom stereocenters. The summed E-state index contributed by atoms with van der Waals surface area (Å²) in [5, 5.41) is 0. The Hall–Kier alpha value is -1.10. The van der Waals surface area contributed by atoms with Gasteiger partial charge in [0.15, 0.2) is 6.29 Å².